The molecule has 6 nitrogen and oxygen atoms in total. The summed E-state index contributed by atoms with van der Waals surface area (Å²) in [6.07, 6.45) is -3.34. The number of para-hydroxylation sites is 2. The van der Waals surface area contributed by atoms with Crippen LogP contribution in [0.3, 0.4) is 0 Å². The second kappa shape index (κ2) is 8.10. The van der Waals surface area contributed by atoms with Crippen LogP contribution in [0.4, 0.5) is 13.2 Å². The molecule has 1 atom stereocenters. The third kappa shape index (κ3) is 5.18. The van der Waals surface area contributed by atoms with E-state index in [0.717, 1.165) is 18.4 Å². The standard InChI is InChI=1S/C20H20F3N3O3S/c1-13(14-7-9-15(10-8-14)20(21,22)23)24-19(27)11-26-17-6-4-3-5-16(17)25-18(26)12-30(2,28)29/h3-10,13H,11-12H2,1-2H3,(H,24,27)/t13-/m1/s1. The Morgan fingerprint density at radius 3 is 2.37 bits per heavy atom. The van der Waals surface area contributed by atoms with Crippen LogP contribution in [-0.2, 0) is 33.1 Å². The van der Waals surface area contributed by atoms with Crippen molar-refractivity contribution in [1.82, 2.24) is 14.9 Å². The molecule has 2 aromatic carbocycles. The molecule has 1 N–H and O–H groups in total. The molecule has 3 aromatic rings. The summed E-state index contributed by atoms with van der Waals surface area (Å²) in [5.41, 5.74) is 0.941. The van der Waals surface area contributed by atoms with Gasteiger partial charge in [-0.3, -0.25) is 4.79 Å². The molecule has 1 heterocycles. The van der Waals surface area contributed by atoms with Crippen LogP contribution < -0.4 is 5.32 Å². The Morgan fingerprint density at radius 2 is 1.77 bits per heavy atom. The molecular formula is C20H20F3N3O3S. The molecule has 1 aromatic heterocycles. The summed E-state index contributed by atoms with van der Waals surface area (Å²) in [5, 5.41) is 2.73. The zero-order chi connectivity index (χ0) is 22.1. The summed E-state index contributed by atoms with van der Waals surface area (Å²) in [5.74, 6) is -0.486. The number of halogens is 3. The number of sulfone groups is 1. The van der Waals surface area contributed by atoms with Gasteiger partial charge in [-0.2, -0.15) is 13.2 Å². The number of aromatic nitrogens is 2. The van der Waals surface area contributed by atoms with E-state index >= 15 is 0 Å². The van der Waals surface area contributed by atoms with Crippen molar-refractivity contribution in [2.75, 3.05) is 6.26 Å². The maximum Gasteiger partial charge on any atom is 0.416 e. The Labute approximate surface area is 171 Å². The van der Waals surface area contributed by atoms with Gasteiger partial charge in [-0.1, -0.05) is 24.3 Å². The van der Waals surface area contributed by atoms with Gasteiger partial charge in [0.25, 0.3) is 0 Å². The predicted octanol–water partition coefficient (Wildman–Crippen LogP) is 3.48. The van der Waals surface area contributed by atoms with Crippen LogP contribution in [0.1, 0.15) is 29.9 Å². The van der Waals surface area contributed by atoms with Crippen LogP contribution in [0.2, 0.25) is 0 Å². The normalized spacial score (nSPS) is 13.4. The number of nitrogens with zero attached hydrogens (tertiary/aromatic N) is 2. The minimum absolute atomic E-state index is 0.170. The topological polar surface area (TPSA) is 81.1 Å². The largest absolute Gasteiger partial charge is 0.416 e. The summed E-state index contributed by atoms with van der Waals surface area (Å²) in [6, 6.07) is 11.0. The van der Waals surface area contributed by atoms with Crippen molar-refractivity contribution in [2.45, 2.75) is 31.4 Å². The number of hydrogen-bond donors (Lipinski definition) is 1. The third-order valence-electron chi connectivity index (χ3n) is 4.54. The van der Waals surface area contributed by atoms with Crippen LogP contribution in [0.5, 0.6) is 0 Å². The number of fused-ring (bicyclic) bond motifs is 1. The Bertz CT molecular complexity index is 1170. The number of carbonyl (C=O) groups excluding carboxylic acids is 1. The van der Waals surface area contributed by atoms with Gasteiger partial charge in [-0.25, -0.2) is 13.4 Å². The molecule has 0 saturated carbocycles. The molecule has 0 bridgehead atoms. The molecular weight excluding hydrogens is 419 g/mol. The summed E-state index contributed by atoms with van der Waals surface area (Å²) in [6.45, 7) is 1.49. The number of rotatable bonds is 6. The SMILES string of the molecule is C[C@@H](NC(=O)Cn1c(CS(C)(=O)=O)nc2ccccc21)c1ccc(C(F)(F)F)cc1. The van der Waals surface area contributed by atoms with E-state index in [4.69, 9.17) is 0 Å². The van der Waals surface area contributed by atoms with Gasteiger partial charge >= 0.3 is 6.18 Å². The van der Waals surface area contributed by atoms with Gasteiger partial charge in [0.05, 0.1) is 22.6 Å². The average Bonchev–Trinajstić information content (AvgIpc) is 2.96. The number of carbonyl (C=O) groups is 1. The monoisotopic (exact) mass is 439 g/mol. The summed E-state index contributed by atoms with van der Waals surface area (Å²) < 4.78 is 63.1. The third-order valence-corrected chi connectivity index (χ3v) is 5.32. The quantitative estimate of drug-likeness (QED) is 0.638. The molecule has 0 fully saturated rings. The van der Waals surface area contributed by atoms with E-state index in [2.05, 4.69) is 10.3 Å². The number of hydrogen-bond acceptors (Lipinski definition) is 4. The van der Waals surface area contributed by atoms with Gasteiger partial charge in [-0.05, 0) is 36.8 Å². The fourth-order valence-corrected chi connectivity index (χ4v) is 3.81. The zero-order valence-corrected chi connectivity index (χ0v) is 17.1. The van der Waals surface area contributed by atoms with Gasteiger partial charge in [0.1, 0.15) is 18.1 Å². The molecule has 0 saturated heterocycles. The highest BCUT2D eigenvalue weighted by atomic mass is 32.2. The first-order valence-electron chi connectivity index (χ1n) is 9.02. The van der Waals surface area contributed by atoms with E-state index in [1.807, 2.05) is 0 Å². The van der Waals surface area contributed by atoms with Gasteiger partial charge in [0, 0.05) is 6.26 Å². The first-order valence-corrected chi connectivity index (χ1v) is 11.1. The minimum atomic E-state index is -4.43. The van der Waals surface area contributed by atoms with E-state index in [0.29, 0.717) is 16.6 Å². The predicted molar refractivity (Wildman–Crippen MR) is 106 cm³/mol. The van der Waals surface area contributed by atoms with Gasteiger partial charge < -0.3 is 9.88 Å². The highest BCUT2D eigenvalue weighted by Crippen LogP contribution is 2.30. The lowest BCUT2D eigenvalue weighted by atomic mass is 10.1. The second-order valence-corrected chi connectivity index (χ2v) is 9.22. The van der Waals surface area contributed by atoms with Gasteiger partial charge in [0.2, 0.25) is 5.91 Å². The lowest BCUT2D eigenvalue weighted by molar-refractivity contribution is -0.137. The second-order valence-electron chi connectivity index (χ2n) is 7.08. The molecule has 0 aliphatic rings. The van der Waals surface area contributed by atoms with Crippen LogP contribution in [0.25, 0.3) is 11.0 Å². The number of amides is 1. The highest BCUT2D eigenvalue weighted by molar-refractivity contribution is 7.89. The maximum absolute atomic E-state index is 12.7. The van der Waals surface area contributed by atoms with E-state index < -0.39 is 33.5 Å². The number of benzene rings is 2. The lowest BCUT2D eigenvalue weighted by Gasteiger charge is -2.16. The lowest BCUT2D eigenvalue weighted by Crippen LogP contribution is -2.30. The van der Waals surface area contributed by atoms with Crippen molar-refractivity contribution < 1.29 is 26.4 Å². The van der Waals surface area contributed by atoms with Crippen molar-refractivity contribution in [2.24, 2.45) is 0 Å². The van der Waals surface area contributed by atoms with Crippen molar-refractivity contribution in [1.29, 1.82) is 0 Å². The summed E-state index contributed by atoms with van der Waals surface area (Å²) >= 11 is 0. The van der Waals surface area contributed by atoms with Gasteiger partial charge in [0.15, 0.2) is 9.84 Å². The molecule has 0 spiro atoms. The number of nitrogens with one attached hydrogen (secondary N) is 1. The molecule has 1 amide bonds. The van der Waals surface area contributed by atoms with E-state index in [-0.39, 0.29) is 18.1 Å². The first-order chi connectivity index (χ1) is 13.9. The molecule has 0 aliphatic heterocycles. The molecule has 3 rings (SSSR count). The Hall–Kier alpha value is -2.88. The first kappa shape index (κ1) is 21.8. The Morgan fingerprint density at radius 1 is 1.13 bits per heavy atom. The van der Waals surface area contributed by atoms with Crippen molar-refractivity contribution in [3.8, 4) is 0 Å². The molecule has 10 heteroatoms. The zero-order valence-electron chi connectivity index (χ0n) is 16.3. The van der Waals surface area contributed by atoms with E-state index in [1.165, 1.54) is 16.7 Å². The van der Waals surface area contributed by atoms with Crippen LogP contribution in [0, 0.1) is 0 Å². The van der Waals surface area contributed by atoms with Crippen LogP contribution in [-0.4, -0.2) is 30.1 Å². The Balaban J connectivity index is 1.79. The maximum atomic E-state index is 12.7. The van der Waals surface area contributed by atoms with E-state index in [1.54, 1.807) is 31.2 Å². The highest BCUT2D eigenvalue weighted by Gasteiger charge is 2.30. The fourth-order valence-electron chi connectivity index (χ4n) is 3.12. The molecule has 160 valence electrons. The molecule has 0 radical (unpaired) electrons. The Kier molecular flexibility index (Phi) is 5.89. The summed E-state index contributed by atoms with van der Waals surface area (Å²) in [4.78, 5) is 16.9. The van der Waals surface area contributed by atoms with Gasteiger partial charge in [-0.15, -0.1) is 0 Å². The van der Waals surface area contributed by atoms with E-state index in [9.17, 15) is 26.4 Å². The smallest absolute Gasteiger partial charge is 0.348 e. The minimum Gasteiger partial charge on any atom is -0.348 e. The fraction of sp³-hybridized carbons (Fsp3) is 0.300. The number of alkyl halides is 3. The van der Waals surface area contributed by atoms with Crippen LogP contribution >= 0.6 is 0 Å². The molecule has 0 unspecified atom stereocenters. The number of imidazole rings is 1. The molecule has 0 aliphatic carbocycles. The van der Waals surface area contributed by atoms with Crippen molar-refractivity contribution in [3.05, 3.63) is 65.5 Å². The average molecular weight is 439 g/mol. The molecule has 30 heavy (non-hydrogen) atoms. The van der Waals surface area contributed by atoms with Crippen molar-refractivity contribution >= 4 is 26.8 Å². The van der Waals surface area contributed by atoms with Crippen LogP contribution in [0.15, 0.2) is 48.5 Å². The summed E-state index contributed by atoms with van der Waals surface area (Å²) in [7, 11) is -3.37. The van der Waals surface area contributed by atoms with Crippen molar-refractivity contribution in [3.63, 3.8) is 0 Å².